The molecule has 0 aliphatic heterocycles. The van der Waals surface area contributed by atoms with Crippen LogP contribution in [-0.2, 0) is 0 Å². The van der Waals surface area contributed by atoms with E-state index in [1.165, 1.54) is 60.1 Å². The number of unbranched alkanes of at least 4 members (excludes halogenated alkanes) is 2. The van der Waals surface area contributed by atoms with Crippen LogP contribution in [0.5, 0.6) is 0 Å². The average molecular weight is 408 g/mol. The van der Waals surface area contributed by atoms with Crippen LogP contribution in [0.2, 0.25) is 0 Å². The van der Waals surface area contributed by atoms with E-state index in [0.717, 1.165) is 37.9 Å². The predicted octanol–water partition coefficient (Wildman–Crippen LogP) is 8.35. The molecule has 0 radical (unpaired) electrons. The van der Waals surface area contributed by atoms with Gasteiger partial charge >= 0.3 is 0 Å². The smallest absolute Gasteiger partial charge is 0.0945 e. The second-order valence-corrected chi connectivity index (χ2v) is 9.39. The molecule has 0 amide bonds. The molecular weight excluding hydrogens is 366 g/mol. The van der Waals surface area contributed by atoms with Crippen molar-refractivity contribution in [3.05, 3.63) is 58.0 Å². The third kappa shape index (κ3) is 5.25. The Balaban J connectivity index is 1.97. The molecule has 3 unspecified atom stereocenters. The summed E-state index contributed by atoms with van der Waals surface area (Å²) in [4.78, 5) is 4.91. The van der Waals surface area contributed by atoms with Crippen LogP contribution in [0.15, 0.2) is 46.3 Å². The van der Waals surface area contributed by atoms with Crippen molar-refractivity contribution in [2.75, 3.05) is 0 Å². The van der Waals surface area contributed by atoms with Gasteiger partial charge in [-0.15, -0.1) is 0 Å². The minimum atomic E-state index is 0.319. The summed E-state index contributed by atoms with van der Waals surface area (Å²) < 4.78 is 0. The lowest BCUT2D eigenvalue weighted by Gasteiger charge is -2.37. The molecule has 2 aliphatic rings. The molecule has 1 aromatic carbocycles. The first kappa shape index (κ1) is 22.8. The van der Waals surface area contributed by atoms with Crippen LogP contribution >= 0.6 is 0 Å². The molecule has 0 aromatic heterocycles. The lowest BCUT2D eigenvalue weighted by Crippen LogP contribution is -2.25. The van der Waals surface area contributed by atoms with E-state index in [9.17, 15) is 5.11 Å². The van der Waals surface area contributed by atoms with Crippen LogP contribution in [0.25, 0.3) is 0 Å². The zero-order valence-electron chi connectivity index (χ0n) is 19.6. The minimum Gasteiger partial charge on any atom is -0.512 e. The fraction of sp³-hybridized carbons (Fsp3) is 0.607. The molecule has 2 nitrogen and oxygen atoms in total. The number of nitrogens with zero attached hydrogens (tertiary/aromatic N) is 1. The van der Waals surface area contributed by atoms with Crippen LogP contribution in [0.1, 0.15) is 101 Å². The van der Waals surface area contributed by atoms with Crippen molar-refractivity contribution in [1.29, 1.82) is 0 Å². The van der Waals surface area contributed by atoms with Gasteiger partial charge < -0.3 is 5.11 Å². The van der Waals surface area contributed by atoms with E-state index in [1.54, 1.807) is 0 Å². The lowest BCUT2D eigenvalue weighted by atomic mass is 9.69. The standard InChI is InChI=1S/C28H41NO/c1-5-7-8-18-26(29-6-2)27(25-17-9-12-20(3)21(25)4)23-15-11-16-24(19-23)28(30)22-13-10-14-22/h6,9,12,17-18,23-24,27,30H,5,7-8,10-11,13-16,19H2,1-4H3/b26-18-,29-6?. The Kier molecular flexibility index (Phi) is 8.36. The monoisotopic (exact) mass is 407 g/mol. The number of aliphatic imine (C=N–C) groups is 1. The van der Waals surface area contributed by atoms with E-state index < -0.39 is 0 Å². The topological polar surface area (TPSA) is 32.6 Å². The second kappa shape index (κ2) is 11.0. The Morgan fingerprint density at radius 3 is 2.67 bits per heavy atom. The zero-order chi connectivity index (χ0) is 21.5. The summed E-state index contributed by atoms with van der Waals surface area (Å²) in [5.74, 6) is 1.93. The van der Waals surface area contributed by atoms with Gasteiger partial charge in [-0.05, 0) is 93.9 Å². The van der Waals surface area contributed by atoms with Crippen LogP contribution in [0, 0.1) is 25.7 Å². The Morgan fingerprint density at radius 1 is 1.20 bits per heavy atom. The molecule has 0 heterocycles. The highest BCUT2D eigenvalue weighted by atomic mass is 16.3. The van der Waals surface area contributed by atoms with Gasteiger partial charge in [-0.1, -0.05) is 50.5 Å². The average Bonchev–Trinajstić information content (AvgIpc) is 2.70. The molecule has 1 aromatic rings. The van der Waals surface area contributed by atoms with Crippen molar-refractivity contribution in [2.45, 2.75) is 97.8 Å². The Bertz CT molecular complexity index is 795. The van der Waals surface area contributed by atoms with Gasteiger partial charge in [0, 0.05) is 23.7 Å². The molecule has 0 spiro atoms. The van der Waals surface area contributed by atoms with Gasteiger partial charge in [-0.3, -0.25) is 4.99 Å². The summed E-state index contributed by atoms with van der Waals surface area (Å²) in [5.41, 5.74) is 6.76. The molecular formula is C28H41NO. The molecule has 3 rings (SSSR count). The fourth-order valence-corrected chi connectivity index (χ4v) is 5.31. The molecule has 0 saturated heterocycles. The van der Waals surface area contributed by atoms with Gasteiger partial charge in [-0.2, -0.15) is 0 Å². The number of aryl methyl sites for hydroxylation is 1. The quantitative estimate of drug-likeness (QED) is 0.262. The number of allylic oxidation sites excluding steroid dienone is 4. The molecule has 1 N–H and O–H groups in total. The largest absolute Gasteiger partial charge is 0.512 e. The maximum Gasteiger partial charge on any atom is 0.0945 e. The Hall–Kier alpha value is -1.83. The van der Waals surface area contributed by atoms with E-state index >= 15 is 0 Å². The second-order valence-electron chi connectivity index (χ2n) is 9.39. The summed E-state index contributed by atoms with van der Waals surface area (Å²) >= 11 is 0. The number of aliphatic hydroxyl groups is 1. The Labute approximate surface area is 184 Å². The van der Waals surface area contributed by atoms with Crippen molar-refractivity contribution in [1.82, 2.24) is 0 Å². The van der Waals surface area contributed by atoms with Crippen molar-refractivity contribution in [3.8, 4) is 0 Å². The fourth-order valence-electron chi connectivity index (χ4n) is 5.31. The zero-order valence-corrected chi connectivity index (χ0v) is 19.6. The third-order valence-electron chi connectivity index (χ3n) is 7.38. The van der Waals surface area contributed by atoms with Gasteiger partial charge in [0.25, 0.3) is 0 Å². The molecule has 2 fully saturated rings. The van der Waals surface area contributed by atoms with Crippen molar-refractivity contribution >= 4 is 6.21 Å². The van der Waals surface area contributed by atoms with E-state index in [2.05, 4.69) is 45.0 Å². The minimum absolute atomic E-state index is 0.319. The highest BCUT2D eigenvalue weighted by Crippen LogP contribution is 2.46. The highest BCUT2D eigenvalue weighted by Gasteiger charge is 2.35. The number of hydrogen-bond donors (Lipinski definition) is 1. The van der Waals surface area contributed by atoms with Crippen LogP contribution in [0.3, 0.4) is 0 Å². The normalized spacial score (nSPS) is 23.5. The SMILES string of the molecule is CC=N/C(=C\CCCC)C(c1cccc(C)c1C)C1CCCC(C(O)=C2CCC2)C1. The molecule has 2 heteroatoms. The predicted molar refractivity (Wildman–Crippen MR) is 129 cm³/mol. The maximum atomic E-state index is 10.9. The van der Waals surface area contributed by atoms with Crippen molar-refractivity contribution in [2.24, 2.45) is 16.8 Å². The first-order valence-electron chi connectivity index (χ1n) is 12.2. The molecule has 0 bridgehead atoms. The Morgan fingerprint density at radius 2 is 2.00 bits per heavy atom. The highest BCUT2D eigenvalue weighted by molar-refractivity contribution is 5.56. The van der Waals surface area contributed by atoms with Crippen LogP contribution < -0.4 is 0 Å². The number of hydrogen-bond acceptors (Lipinski definition) is 2. The summed E-state index contributed by atoms with van der Waals surface area (Å²) in [7, 11) is 0. The molecule has 164 valence electrons. The van der Waals surface area contributed by atoms with E-state index in [-0.39, 0.29) is 0 Å². The van der Waals surface area contributed by atoms with Crippen LogP contribution in [-0.4, -0.2) is 11.3 Å². The summed E-state index contributed by atoms with van der Waals surface area (Å²) in [6, 6.07) is 6.74. The van der Waals surface area contributed by atoms with Crippen molar-refractivity contribution in [3.63, 3.8) is 0 Å². The van der Waals surface area contributed by atoms with Crippen molar-refractivity contribution < 1.29 is 5.11 Å². The maximum absolute atomic E-state index is 10.9. The third-order valence-corrected chi connectivity index (χ3v) is 7.38. The van der Waals surface area contributed by atoms with E-state index in [0.29, 0.717) is 17.8 Å². The van der Waals surface area contributed by atoms with Crippen LogP contribution in [0.4, 0.5) is 0 Å². The number of aliphatic hydroxyl groups excluding tert-OH is 1. The van der Waals surface area contributed by atoms with Gasteiger partial charge in [0.05, 0.1) is 5.76 Å². The molecule has 2 aliphatic carbocycles. The van der Waals surface area contributed by atoms with Gasteiger partial charge in [0.1, 0.15) is 0 Å². The number of rotatable bonds is 8. The molecule has 30 heavy (non-hydrogen) atoms. The van der Waals surface area contributed by atoms with Gasteiger partial charge in [0.15, 0.2) is 0 Å². The lowest BCUT2D eigenvalue weighted by molar-refractivity contribution is 0.207. The van der Waals surface area contributed by atoms with E-state index in [4.69, 9.17) is 4.99 Å². The molecule has 2 saturated carbocycles. The van der Waals surface area contributed by atoms with E-state index in [1.807, 2.05) is 13.1 Å². The summed E-state index contributed by atoms with van der Waals surface area (Å²) in [6.07, 6.45) is 16.0. The first-order chi connectivity index (χ1) is 14.6. The molecule has 3 atom stereocenters. The summed E-state index contributed by atoms with van der Waals surface area (Å²) in [6.45, 7) is 8.77. The summed E-state index contributed by atoms with van der Waals surface area (Å²) in [5, 5.41) is 10.9. The van der Waals surface area contributed by atoms with Gasteiger partial charge in [-0.25, -0.2) is 0 Å². The number of benzene rings is 1. The first-order valence-corrected chi connectivity index (χ1v) is 12.2. The van der Waals surface area contributed by atoms with Gasteiger partial charge in [0.2, 0.25) is 0 Å².